The van der Waals surface area contributed by atoms with Crippen molar-refractivity contribution < 1.29 is 19.1 Å². The predicted octanol–water partition coefficient (Wildman–Crippen LogP) is 1.34. The highest BCUT2D eigenvalue weighted by Crippen LogP contribution is 2.10. The number of nitrogens with zero attached hydrogens (tertiary/aromatic N) is 1. The van der Waals surface area contributed by atoms with Crippen LogP contribution in [0.3, 0.4) is 0 Å². The van der Waals surface area contributed by atoms with Crippen LogP contribution in [-0.4, -0.2) is 62.3 Å². The first-order chi connectivity index (χ1) is 10.7. The first-order valence-electron chi connectivity index (χ1n) is 8.46. The monoisotopic (exact) mass is 314 g/mol. The molecule has 0 aromatic carbocycles. The lowest BCUT2D eigenvalue weighted by atomic mass is 10.1. The zero-order chi connectivity index (χ0) is 16.2. The Labute approximate surface area is 133 Å². The Morgan fingerprint density at radius 3 is 2.23 bits per heavy atom. The third kappa shape index (κ3) is 7.22. The Kier molecular flexibility index (Phi) is 9.82. The van der Waals surface area contributed by atoms with Gasteiger partial charge in [0.25, 0.3) is 0 Å². The fourth-order valence-electron chi connectivity index (χ4n) is 2.32. The number of carbonyl (C=O) groups is 2. The van der Waals surface area contributed by atoms with E-state index >= 15 is 0 Å². The van der Waals surface area contributed by atoms with Gasteiger partial charge >= 0.3 is 11.9 Å². The number of hydrogen-bond acceptors (Lipinski definition) is 6. The van der Waals surface area contributed by atoms with E-state index in [-0.39, 0.29) is 18.4 Å². The van der Waals surface area contributed by atoms with Crippen molar-refractivity contribution in [3.05, 3.63) is 0 Å². The lowest BCUT2D eigenvalue weighted by molar-refractivity contribution is -0.157. The second kappa shape index (κ2) is 11.4. The van der Waals surface area contributed by atoms with Gasteiger partial charge in [0.15, 0.2) is 0 Å². The van der Waals surface area contributed by atoms with Crippen molar-refractivity contribution >= 4 is 11.9 Å². The van der Waals surface area contributed by atoms with Gasteiger partial charge in [-0.1, -0.05) is 26.7 Å². The molecule has 1 aliphatic heterocycles. The van der Waals surface area contributed by atoms with Crippen molar-refractivity contribution in [1.82, 2.24) is 10.2 Å². The number of nitrogens with one attached hydrogen (secondary N) is 1. The van der Waals surface area contributed by atoms with E-state index < -0.39 is 6.04 Å². The van der Waals surface area contributed by atoms with Crippen LogP contribution in [0, 0.1) is 0 Å². The van der Waals surface area contributed by atoms with Crippen molar-refractivity contribution in [1.29, 1.82) is 0 Å². The second-order valence-corrected chi connectivity index (χ2v) is 5.60. The van der Waals surface area contributed by atoms with Crippen molar-refractivity contribution in [2.45, 2.75) is 52.0 Å². The van der Waals surface area contributed by atoms with E-state index in [1.807, 2.05) is 18.7 Å². The molecule has 0 unspecified atom stereocenters. The fraction of sp³-hybridized carbons (Fsp3) is 0.875. The molecule has 0 saturated carbocycles. The lowest BCUT2D eigenvalue weighted by Crippen LogP contribution is -2.52. The van der Waals surface area contributed by atoms with Gasteiger partial charge in [0.1, 0.15) is 6.04 Å². The SMILES string of the molecule is CCCCOC(=O)C[C@@H](C(=O)OCCCC)N1CCNCC1. The molecular weight excluding hydrogens is 284 g/mol. The quantitative estimate of drug-likeness (QED) is 0.485. The largest absolute Gasteiger partial charge is 0.466 e. The zero-order valence-electron chi connectivity index (χ0n) is 13.9. The van der Waals surface area contributed by atoms with Gasteiger partial charge in [-0.2, -0.15) is 0 Å². The van der Waals surface area contributed by atoms with Crippen molar-refractivity contribution in [3.63, 3.8) is 0 Å². The molecule has 22 heavy (non-hydrogen) atoms. The molecule has 1 N–H and O–H groups in total. The molecule has 0 aromatic rings. The topological polar surface area (TPSA) is 67.9 Å². The lowest BCUT2D eigenvalue weighted by Gasteiger charge is -2.32. The molecule has 128 valence electrons. The molecule has 6 heteroatoms. The molecule has 1 saturated heterocycles. The minimum atomic E-state index is -0.520. The summed E-state index contributed by atoms with van der Waals surface area (Å²) < 4.78 is 10.5. The number of rotatable bonds is 10. The van der Waals surface area contributed by atoms with Crippen LogP contribution in [0.25, 0.3) is 0 Å². The van der Waals surface area contributed by atoms with Crippen LogP contribution >= 0.6 is 0 Å². The van der Waals surface area contributed by atoms with Crippen LogP contribution in [0.5, 0.6) is 0 Å². The molecule has 1 atom stereocenters. The molecule has 0 bridgehead atoms. The van der Waals surface area contributed by atoms with E-state index in [1.54, 1.807) is 0 Å². The molecule has 1 aliphatic rings. The third-order valence-electron chi connectivity index (χ3n) is 3.73. The Balaban J connectivity index is 2.52. The number of piperazine rings is 1. The minimum Gasteiger partial charge on any atom is -0.466 e. The summed E-state index contributed by atoms with van der Waals surface area (Å²) in [7, 11) is 0. The van der Waals surface area contributed by atoms with Crippen molar-refractivity contribution in [3.8, 4) is 0 Å². The fourth-order valence-corrected chi connectivity index (χ4v) is 2.32. The summed E-state index contributed by atoms with van der Waals surface area (Å²) in [6, 6.07) is -0.520. The summed E-state index contributed by atoms with van der Waals surface area (Å²) >= 11 is 0. The maximum atomic E-state index is 12.3. The molecule has 6 nitrogen and oxygen atoms in total. The molecule has 0 amide bonds. The standard InChI is InChI=1S/C16H30N2O4/c1-3-5-11-21-15(19)13-14(16(20)22-12-6-4-2)18-9-7-17-8-10-18/h14,17H,3-13H2,1-2H3/t14-/m0/s1. The summed E-state index contributed by atoms with van der Waals surface area (Å²) in [5.74, 6) is -0.618. The number of unbranched alkanes of at least 4 members (excludes halogenated alkanes) is 2. The Morgan fingerprint density at radius 2 is 1.64 bits per heavy atom. The van der Waals surface area contributed by atoms with E-state index in [4.69, 9.17) is 9.47 Å². The molecule has 0 radical (unpaired) electrons. The van der Waals surface area contributed by atoms with Gasteiger partial charge in [-0.15, -0.1) is 0 Å². The minimum absolute atomic E-state index is 0.0780. The highest BCUT2D eigenvalue weighted by Gasteiger charge is 2.31. The van der Waals surface area contributed by atoms with E-state index in [2.05, 4.69) is 5.32 Å². The maximum absolute atomic E-state index is 12.3. The predicted molar refractivity (Wildman–Crippen MR) is 84.6 cm³/mol. The van der Waals surface area contributed by atoms with E-state index in [9.17, 15) is 9.59 Å². The van der Waals surface area contributed by atoms with Crippen molar-refractivity contribution in [2.24, 2.45) is 0 Å². The number of carbonyl (C=O) groups excluding carboxylic acids is 2. The highest BCUT2D eigenvalue weighted by atomic mass is 16.5. The first-order valence-corrected chi connectivity index (χ1v) is 8.46. The third-order valence-corrected chi connectivity index (χ3v) is 3.73. The summed E-state index contributed by atoms with van der Waals surface area (Å²) in [5.41, 5.74) is 0. The highest BCUT2D eigenvalue weighted by molar-refractivity contribution is 5.82. The molecule has 0 aliphatic carbocycles. The smallest absolute Gasteiger partial charge is 0.323 e. The van der Waals surface area contributed by atoms with Crippen LogP contribution in [0.15, 0.2) is 0 Å². The molecule has 0 spiro atoms. The van der Waals surface area contributed by atoms with Gasteiger partial charge in [-0.3, -0.25) is 14.5 Å². The zero-order valence-corrected chi connectivity index (χ0v) is 13.9. The normalized spacial score (nSPS) is 17.0. The van der Waals surface area contributed by atoms with Crippen molar-refractivity contribution in [2.75, 3.05) is 39.4 Å². The maximum Gasteiger partial charge on any atom is 0.323 e. The summed E-state index contributed by atoms with van der Waals surface area (Å²) in [4.78, 5) is 26.2. The van der Waals surface area contributed by atoms with Gasteiger partial charge < -0.3 is 14.8 Å². The summed E-state index contributed by atoms with van der Waals surface area (Å²) in [5, 5.41) is 3.25. The molecular formula is C16H30N2O4. The van der Waals surface area contributed by atoms with Crippen LogP contribution in [0.1, 0.15) is 46.0 Å². The Morgan fingerprint density at radius 1 is 1.05 bits per heavy atom. The average Bonchev–Trinajstić information content (AvgIpc) is 2.54. The number of esters is 2. The van der Waals surface area contributed by atoms with Gasteiger partial charge in [0, 0.05) is 26.2 Å². The van der Waals surface area contributed by atoms with Gasteiger partial charge in [-0.25, -0.2) is 0 Å². The molecule has 0 aromatic heterocycles. The van der Waals surface area contributed by atoms with Crippen LogP contribution in [-0.2, 0) is 19.1 Å². The van der Waals surface area contributed by atoms with Crippen LogP contribution in [0.2, 0.25) is 0 Å². The van der Waals surface area contributed by atoms with Crippen LogP contribution < -0.4 is 5.32 Å². The van der Waals surface area contributed by atoms with Crippen LogP contribution in [0.4, 0.5) is 0 Å². The molecule has 1 heterocycles. The Bertz CT molecular complexity index is 330. The van der Waals surface area contributed by atoms with Gasteiger partial charge in [-0.05, 0) is 12.8 Å². The first kappa shape index (κ1) is 18.9. The van der Waals surface area contributed by atoms with Gasteiger partial charge in [0.05, 0.1) is 19.6 Å². The van der Waals surface area contributed by atoms with E-state index in [0.717, 1.165) is 51.9 Å². The Hall–Kier alpha value is -1.14. The van der Waals surface area contributed by atoms with E-state index in [0.29, 0.717) is 13.2 Å². The average molecular weight is 314 g/mol. The van der Waals surface area contributed by atoms with Gasteiger partial charge in [0.2, 0.25) is 0 Å². The van der Waals surface area contributed by atoms with E-state index in [1.165, 1.54) is 0 Å². The summed E-state index contributed by atoms with van der Waals surface area (Å²) in [6.07, 6.45) is 3.73. The second-order valence-electron chi connectivity index (χ2n) is 5.60. The molecule has 1 fully saturated rings. The number of hydrogen-bond donors (Lipinski definition) is 1. The number of ether oxygens (including phenoxy) is 2. The summed E-state index contributed by atoms with van der Waals surface area (Å²) in [6.45, 7) is 8.07. The molecule has 1 rings (SSSR count).